The van der Waals surface area contributed by atoms with Crippen LogP contribution >= 0.6 is 0 Å². The summed E-state index contributed by atoms with van der Waals surface area (Å²) in [5.74, 6) is -2.10. The summed E-state index contributed by atoms with van der Waals surface area (Å²) in [5, 5.41) is 9.44. The second-order valence-electron chi connectivity index (χ2n) is 10.4. The fourth-order valence-electron chi connectivity index (χ4n) is 4.46. The molecule has 0 rings (SSSR count). The van der Waals surface area contributed by atoms with E-state index in [0.717, 1.165) is 64.2 Å². The Bertz CT molecular complexity index is 854. The van der Waals surface area contributed by atoms with Gasteiger partial charge in [-0.2, -0.15) is 17.8 Å². The zero-order chi connectivity index (χ0) is 29.9. The minimum absolute atomic E-state index is 0.197. The lowest BCUT2D eigenvalue weighted by Crippen LogP contribution is -2.53. The maximum atomic E-state index is 13.4. The summed E-state index contributed by atoms with van der Waals surface area (Å²) in [5.41, 5.74) is -0.0292. The normalized spacial score (nSPS) is 12.7. The van der Waals surface area contributed by atoms with Gasteiger partial charge in [0, 0.05) is 37.7 Å². The highest BCUT2D eigenvalue weighted by molar-refractivity contribution is 7.86. The summed E-state index contributed by atoms with van der Waals surface area (Å²) >= 11 is 0. The molecular weight excluding hydrogens is 520 g/mol. The van der Waals surface area contributed by atoms with Gasteiger partial charge in [-0.25, -0.2) is 0 Å². The molecule has 0 aromatic heterocycles. The van der Waals surface area contributed by atoms with Gasteiger partial charge >= 0.3 is 0 Å². The number of carbonyl (C=O) groups is 3. The molecule has 0 aliphatic carbocycles. The summed E-state index contributed by atoms with van der Waals surface area (Å²) in [4.78, 5) is 36.2. The van der Waals surface area contributed by atoms with Crippen LogP contribution in [-0.2, 0) is 28.8 Å². The third-order valence-corrected chi connectivity index (χ3v) is 7.69. The van der Waals surface area contributed by atoms with Crippen molar-refractivity contribution in [3.05, 3.63) is 12.2 Å². The number of rotatable bonds is 23. The van der Waals surface area contributed by atoms with Gasteiger partial charge < -0.3 is 16.0 Å². The third-order valence-electron chi connectivity index (χ3n) is 6.54. The molecule has 3 amide bonds. The molecule has 0 aliphatic rings. The lowest BCUT2D eigenvalue weighted by atomic mass is 9.82. The van der Waals surface area contributed by atoms with Crippen LogP contribution in [0.15, 0.2) is 12.2 Å². The van der Waals surface area contributed by atoms with Gasteiger partial charge in [-0.15, -0.1) is 0 Å². The standard InChI is InChI=1S/C28H54N4O6S/c1-8-12-17-28(16-11-4,18-13-9-2)32(21-14-10-3)38-39(36,37)22-25(31-24(7)33)27(35)30-20-15-19-29-26(34)23(5)6/h25H,5,8-22H2,1-4,6-7H3,(H,29,34)(H,30,35)(H,31,33). The fraction of sp³-hybridized carbons (Fsp3) is 0.821. The monoisotopic (exact) mass is 574 g/mol. The number of hydrogen-bond donors (Lipinski definition) is 3. The second-order valence-corrected chi connectivity index (χ2v) is 12.0. The Balaban J connectivity index is 5.69. The van der Waals surface area contributed by atoms with Crippen LogP contribution in [0.1, 0.15) is 112 Å². The molecule has 0 spiro atoms. The number of amides is 3. The highest BCUT2D eigenvalue weighted by Gasteiger charge is 2.39. The van der Waals surface area contributed by atoms with Gasteiger partial charge in [0.2, 0.25) is 17.7 Å². The van der Waals surface area contributed by atoms with Crippen molar-refractivity contribution >= 4 is 27.8 Å². The molecule has 10 nitrogen and oxygen atoms in total. The van der Waals surface area contributed by atoms with E-state index in [-0.39, 0.29) is 12.5 Å². The van der Waals surface area contributed by atoms with Crippen LogP contribution in [-0.4, -0.2) is 68.2 Å². The first-order chi connectivity index (χ1) is 18.4. The average molecular weight is 575 g/mol. The van der Waals surface area contributed by atoms with Gasteiger partial charge in [0.15, 0.2) is 0 Å². The van der Waals surface area contributed by atoms with Gasteiger partial charge in [-0.1, -0.05) is 72.8 Å². The van der Waals surface area contributed by atoms with Crippen LogP contribution in [0.5, 0.6) is 0 Å². The molecule has 1 unspecified atom stereocenters. The lowest BCUT2D eigenvalue weighted by molar-refractivity contribution is -0.153. The number of hydrogen-bond acceptors (Lipinski definition) is 7. The van der Waals surface area contributed by atoms with E-state index >= 15 is 0 Å². The molecule has 0 radical (unpaired) electrons. The third kappa shape index (κ3) is 15.4. The maximum Gasteiger partial charge on any atom is 0.286 e. The SMILES string of the molecule is C=C(C)C(=O)NCCCNC(=O)C(CS(=O)(=O)ON(CCCC)C(CCC)(CCCC)CCCC)NC(C)=O. The number of hydroxylamine groups is 2. The molecule has 0 aliphatic heterocycles. The highest BCUT2D eigenvalue weighted by Crippen LogP contribution is 2.35. The summed E-state index contributed by atoms with van der Waals surface area (Å²) in [6.07, 6.45) is 9.35. The zero-order valence-electron chi connectivity index (χ0n) is 25.2. The molecule has 1 atom stereocenters. The van der Waals surface area contributed by atoms with Crippen LogP contribution in [0.4, 0.5) is 0 Å². The molecule has 228 valence electrons. The molecule has 39 heavy (non-hydrogen) atoms. The van der Waals surface area contributed by atoms with E-state index in [1.165, 1.54) is 6.92 Å². The second kappa shape index (κ2) is 20.0. The molecule has 0 heterocycles. The molecule has 3 N–H and O–H groups in total. The van der Waals surface area contributed by atoms with Crippen molar-refractivity contribution in [2.24, 2.45) is 0 Å². The van der Waals surface area contributed by atoms with Gasteiger partial charge in [0.1, 0.15) is 11.8 Å². The number of nitrogens with one attached hydrogen (secondary N) is 3. The van der Waals surface area contributed by atoms with E-state index in [1.807, 2.05) is 6.92 Å². The Morgan fingerprint density at radius 2 is 1.41 bits per heavy atom. The Morgan fingerprint density at radius 3 is 1.90 bits per heavy atom. The maximum absolute atomic E-state index is 13.4. The first kappa shape index (κ1) is 37.0. The molecule has 0 aromatic carbocycles. The van der Waals surface area contributed by atoms with Crippen LogP contribution < -0.4 is 16.0 Å². The molecule has 0 fully saturated rings. The van der Waals surface area contributed by atoms with E-state index in [1.54, 1.807) is 12.0 Å². The van der Waals surface area contributed by atoms with Crippen LogP contribution in [0.25, 0.3) is 0 Å². The Labute approximate surface area is 237 Å². The van der Waals surface area contributed by atoms with Crippen molar-refractivity contribution in [2.75, 3.05) is 25.4 Å². The van der Waals surface area contributed by atoms with Crippen molar-refractivity contribution in [3.63, 3.8) is 0 Å². The van der Waals surface area contributed by atoms with Crippen molar-refractivity contribution in [3.8, 4) is 0 Å². The van der Waals surface area contributed by atoms with E-state index in [4.69, 9.17) is 4.28 Å². The highest BCUT2D eigenvalue weighted by atomic mass is 32.2. The first-order valence-electron chi connectivity index (χ1n) is 14.6. The van der Waals surface area contributed by atoms with Crippen molar-refractivity contribution in [1.29, 1.82) is 0 Å². The summed E-state index contributed by atoms with van der Waals surface area (Å²) in [6.45, 7) is 15.8. The summed E-state index contributed by atoms with van der Waals surface area (Å²) in [6, 6.07) is -1.31. The first-order valence-corrected chi connectivity index (χ1v) is 16.1. The van der Waals surface area contributed by atoms with Gasteiger partial charge in [-0.05, 0) is 39.0 Å². The van der Waals surface area contributed by atoms with Crippen LogP contribution in [0, 0.1) is 0 Å². The van der Waals surface area contributed by atoms with Gasteiger partial charge in [0.25, 0.3) is 10.1 Å². The Kier molecular flexibility index (Phi) is 19.0. The largest absolute Gasteiger partial charge is 0.354 e. The topological polar surface area (TPSA) is 134 Å². The Morgan fingerprint density at radius 1 is 0.846 bits per heavy atom. The van der Waals surface area contributed by atoms with E-state index in [0.29, 0.717) is 25.1 Å². The summed E-state index contributed by atoms with van der Waals surface area (Å²) < 4.78 is 32.6. The minimum Gasteiger partial charge on any atom is -0.354 e. The van der Waals surface area contributed by atoms with Crippen molar-refractivity contribution in [2.45, 2.75) is 124 Å². The van der Waals surface area contributed by atoms with E-state index in [2.05, 4.69) is 43.3 Å². The lowest BCUT2D eigenvalue weighted by Gasteiger charge is -2.43. The molecular formula is C28H54N4O6S. The van der Waals surface area contributed by atoms with Crippen molar-refractivity contribution < 1.29 is 27.1 Å². The predicted molar refractivity (Wildman–Crippen MR) is 156 cm³/mol. The van der Waals surface area contributed by atoms with Gasteiger partial charge in [0.05, 0.1) is 0 Å². The summed E-state index contributed by atoms with van der Waals surface area (Å²) in [7, 11) is -4.22. The zero-order valence-corrected chi connectivity index (χ0v) is 26.0. The molecule has 0 saturated carbocycles. The minimum atomic E-state index is -4.22. The molecule has 0 aromatic rings. The molecule has 11 heteroatoms. The van der Waals surface area contributed by atoms with Crippen LogP contribution in [0.2, 0.25) is 0 Å². The quantitative estimate of drug-likeness (QED) is 0.0955. The average Bonchev–Trinajstić information content (AvgIpc) is 2.86. The van der Waals surface area contributed by atoms with E-state index in [9.17, 15) is 22.8 Å². The molecule has 0 bridgehead atoms. The number of carbonyl (C=O) groups excluding carboxylic acids is 3. The number of unbranched alkanes of at least 4 members (excludes halogenated alkanes) is 3. The van der Waals surface area contributed by atoms with Crippen LogP contribution in [0.3, 0.4) is 0 Å². The predicted octanol–water partition coefficient (Wildman–Crippen LogP) is 3.97. The Hall–Kier alpha value is -1.98. The van der Waals surface area contributed by atoms with Gasteiger partial charge in [-0.3, -0.25) is 14.4 Å². The smallest absolute Gasteiger partial charge is 0.286 e. The number of nitrogens with zero attached hydrogens (tertiary/aromatic N) is 1. The van der Waals surface area contributed by atoms with Crippen molar-refractivity contribution in [1.82, 2.24) is 21.0 Å². The fourth-order valence-corrected chi connectivity index (χ4v) is 5.67. The van der Waals surface area contributed by atoms with E-state index < -0.39 is 39.3 Å². The molecule has 0 saturated heterocycles.